The number of fused-ring (bicyclic) bond motifs is 2. The first-order valence-corrected chi connectivity index (χ1v) is 9.32. The van der Waals surface area contributed by atoms with Gasteiger partial charge in [-0.2, -0.15) is 0 Å². The van der Waals surface area contributed by atoms with Gasteiger partial charge in [-0.3, -0.25) is 0 Å². The molecule has 3 heteroatoms. The van der Waals surface area contributed by atoms with Crippen molar-refractivity contribution >= 4 is 0 Å². The molecule has 1 aliphatic heterocycles. The Hall–Kier alpha value is -2.00. The minimum absolute atomic E-state index is 0.426. The smallest absolute Gasteiger partial charge is 0.118 e. The fraction of sp³-hybridized carbons (Fsp3) is 0.455. The summed E-state index contributed by atoms with van der Waals surface area (Å²) in [4.78, 5) is 0. The van der Waals surface area contributed by atoms with Crippen LogP contribution >= 0.6 is 0 Å². The second-order valence-electron chi connectivity index (χ2n) is 7.36. The lowest BCUT2D eigenvalue weighted by Gasteiger charge is -2.46. The third-order valence-corrected chi connectivity index (χ3v) is 6.01. The van der Waals surface area contributed by atoms with Gasteiger partial charge in [-0.15, -0.1) is 0 Å². The summed E-state index contributed by atoms with van der Waals surface area (Å²) in [5.74, 6) is 3.32. The zero-order valence-electron chi connectivity index (χ0n) is 15.1. The van der Waals surface area contributed by atoms with E-state index in [4.69, 9.17) is 9.47 Å². The Bertz CT molecular complexity index is 635. The predicted octanol–water partition coefficient (Wildman–Crippen LogP) is 4.90. The van der Waals surface area contributed by atoms with E-state index in [1.165, 1.54) is 36.8 Å². The number of ether oxygens (including phenoxy) is 2. The minimum atomic E-state index is 0.426. The average Bonchev–Trinajstić information content (AvgIpc) is 2.69. The van der Waals surface area contributed by atoms with Crippen molar-refractivity contribution in [3.63, 3.8) is 0 Å². The molecule has 4 atom stereocenters. The van der Waals surface area contributed by atoms with Crippen LogP contribution in [0.15, 0.2) is 48.5 Å². The van der Waals surface area contributed by atoms with E-state index < -0.39 is 0 Å². The van der Waals surface area contributed by atoms with E-state index in [1.54, 1.807) is 14.2 Å². The second-order valence-corrected chi connectivity index (χ2v) is 7.36. The van der Waals surface area contributed by atoms with Crippen LogP contribution in [0, 0.1) is 11.8 Å². The second kappa shape index (κ2) is 7.09. The summed E-state index contributed by atoms with van der Waals surface area (Å²) in [7, 11) is 3.44. The maximum atomic E-state index is 5.32. The Morgan fingerprint density at radius 1 is 0.720 bits per heavy atom. The highest BCUT2D eigenvalue weighted by molar-refractivity contribution is 5.33. The van der Waals surface area contributed by atoms with Crippen LogP contribution in [-0.2, 0) is 0 Å². The molecule has 1 saturated carbocycles. The Morgan fingerprint density at radius 2 is 1.16 bits per heavy atom. The summed E-state index contributed by atoms with van der Waals surface area (Å²) < 4.78 is 10.6. The van der Waals surface area contributed by atoms with Crippen LogP contribution in [0.5, 0.6) is 11.5 Å². The standard InChI is InChI=1S/C22H27NO2/c1-24-19-10-6-15(7-11-19)21-17-4-3-5-18(14-17)22(23-21)16-8-12-20(25-2)13-9-16/h6-13,17-18,21-23H,3-5,14H2,1-2H3/t17-,18+,21-,22+. The molecule has 1 N–H and O–H groups in total. The molecular weight excluding hydrogens is 310 g/mol. The average molecular weight is 337 g/mol. The predicted molar refractivity (Wildman–Crippen MR) is 100 cm³/mol. The lowest BCUT2D eigenvalue weighted by molar-refractivity contribution is 0.107. The van der Waals surface area contributed by atoms with Crippen molar-refractivity contribution in [2.45, 2.75) is 37.8 Å². The van der Waals surface area contributed by atoms with Crippen molar-refractivity contribution in [2.24, 2.45) is 11.8 Å². The van der Waals surface area contributed by atoms with Crippen LogP contribution in [0.3, 0.4) is 0 Å². The van der Waals surface area contributed by atoms with E-state index in [1.807, 2.05) is 0 Å². The number of hydrogen-bond acceptors (Lipinski definition) is 3. The molecule has 25 heavy (non-hydrogen) atoms. The molecule has 2 fully saturated rings. The molecule has 0 amide bonds. The van der Waals surface area contributed by atoms with Crippen LogP contribution in [0.1, 0.15) is 48.9 Å². The van der Waals surface area contributed by atoms with Gasteiger partial charge < -0.3 is 14.8 Å². The largest absolute Gasteiger partial charge is 0.497 e. The fourth-order valence-electron chi connectivity index (χ4n) is 4.70. The minimum Gasteiger partial charge on any atom is -0.497 e. The molecule has 0 aromatic heterocycles. The number of rotatable bonds is 4. The highest BCUT2D eigenvalue weighted by Gasteiger charge is 2.40. The SMILES string of the molecule is COc1ccc([C@H]2N[C@@H](c3ccc(OC)cc3)[C@H]3CCC[C@@H]2C3)cc1. The third-order valence-electron chi connectivity index (χ3n) is 6.01. The summed E-state index contributed by atoms with van der Waals surface area (Å²) in [5.41, 5.74) is 2.76. The number of benzene rings is 2. The zero-order chi connectivity index (χ0) is 17.2. The Kier molecular flexibility index (Phi) is 4.67. The van der Waals surface area contributed by atoms with E-state index in [-0.39, 0.29) is 0 Å². The summed E-state index contributed by atoms with van der Waals surface area (Å²) in [6.45, 7) is 0. The van der Waals surface area contributed by atoms with E-state index in [0.717, 1.165) is 23.3 Å². The maximum Gasteiger partial charge on any atom is 0.118 e. The van der Waals surface area contributed by atoms with Crippen LogP contribution in [0.2, 0.25) is 0 Å². The van der Waals surface area contributed by atoms with Crippen LogP contribution < -0.4 is 14.8 Å². The quantitative estimate of drug-likeness (QED) is 0.861. The van der Waals surface area contributed by atoms with Gasteiger partial charge in [-0.05, 0) is 66.5 Å². The van der Waals surface area contributed by atoms with Gasteiger partial charge in [0.1, 0.15) is 11.5 Å². The van der Waals surface area contributed by atoms with Gasteiger partial charge >= 0.3 is 0 Å². The zero-order valence-corrected chi connectivity index (χ0v) is 15.1. The van der Waals surface area contributed by atoms with Crippen molar-refractivity contribution in [1.29, 1.82) is 0 Å². The van der Waals surface area contributed by atoms with Gasteiger partial charge in [-0.1, -0.05) is 30.7 Å². The fourth-order valence-corrected chi connectivity index (χ4v) is 4.70. The summed E-state index contributed by atoms with van der Waals surface area (Å²) in [6.07, 6.45) is 5.32. The van der Waals surface area contributed by atoms with Gasteiger partial charge in [0, 0.05) is 12.1 Å². The molecule has 0 unspecified atom stereocenters. The van der Waals surface area contributed by atoms with Crippen LogP contribution in [0.25, 0.3) is 0 Å². The summed E-state index contributed by atoms with van der Waals surface area (Å²) >= 11 is 0. The molecule has 3 nitrogen and oxygen atoms in total. The highest BCUT2D eigenvalue weighted by atomic mass is 16.5. The van der Waals surface area contributed by atoms with E-state index in [9.17, 15) is 0 Å². The normalized spacial score (nSPS) is 28.4. The maximum absolute atomic E-state index is 5.32. The number of methoxy groups -OCH3 is 2. The Morgan fingerprint density at radius 3 is 1.56 bits per heavy atom. The first-order valence-electron chi connectivity index (χ1n) is 9.32. The van der Waals surface area contributed by atoms with Crippen molar-refractivity contribution in [2.75, 3.05) is 14.2 Å². The van der Waals surface area contributed by atoms with Crippen molar-refractivity contribution < 1.29 is 9.47 Å². The monoisotopic (exact) mass is 337 g/mol. The van der Waals surface area contributed by atoms with Gasteiger partial charge in [0.25, 0.3) is 0 Å². The number of nitrogens with one attached hydrogen (secondary N) is 1. The molecule has 132 valence electrons. The van der Waals surface area contributed by atoms with E-state index in [2.05, 4.69) is 53.8 Å². The first kappa shape index (κ1) is 16.5. The molecule has 2 bridgehead atoms. The lowest BCUT2D eigenvalue weighted by Crippen LogP contribution is -2.44. The van der Waals surface area contributed by atoms with Crippen LogP contribution in [0.4, 0.5) is 0 Å². The van der Waals surface area contributed by atoms with E-state index >= 15 is 0 Å². The van der Waals surface area contributed by atoms with Crippen LogP contribution in [-0.4, -0.2) is 14.2 Å². The molecule has 2 aromatic carbocycles. The van der Waals surface area contributed by atoms with Crippen molar-refractivity contribution in [3.8, 4) is 11.5 Å². The lowest BCUT2D eigenvalue weighted by atomic mass is 9.68. The number of hydrogen-bond donors (Lipinski definition) is 1. The molecule has 1 saturated heterocycles. The topological polar surface area (TPSA) is 30.5 Å². The van der Waals surface area contributed by atoms with Crippen molar-refractivity contribution in [1.82, 2.24) is 5.32 Å². The highest BCUT2D eigenvalue weighted by Crippen LogP contribution is 2.48. The molecule has 2 aromatic rings. The van der Waals surface area contributed by atoms with E-state index in [0.29, 0.717) is 12.1 Å². The van der Waals surface area contributed by atoms with Gasteiger partial charge in [0.05, 0.1) is 14.2 Å². The van der Waals surface area contributed by atoms with Gasteiger partial charge in [-0.25, -0.2) is 0 Å². The molecule has 1 heterocycles. The van der Waals surface area contributed by atoms with Gasteiger partial charge in [0.2, 0.25) is 0 Å². The third kappa shape index (κ3) is 3.25. The Labute approximate surface area is 150 Å². The molecule has 0 radical (unpaired) electrons. The molecular formula is C22H27NO2. The molecule has 0 spiro atoms. The summed E-state index contributed by atoms with van der Waals surface area (Å²) in [5, 5.41) is 3.98. The number of piperidine rings is 1. The first-order chi connectivity index (χ1) is 12.3. The Balaban J connectivity index is 1.61. The molecule has 2 aliphatic rings. The van der Waals surface area contributed by atoms with Gasteiger partial charge in [0.15, 0.2) is 0 Å². The summed E-state index contributed by atoms with van der Waals surface area (Å²) in [6, 6.07) is 18.0. The molecule has 1 aliphatic carbocycles. The molecule has 4 rings (SSSR count). The van der Waals surface area contributed by atoms with Crippen molar-refractivity contribution in [3.05, 3.63) is 59.7 Å².